The predicted molar refractivity (Wildman–Crippen MR) is 76.3 cm³/mol. The first-order valence-corrected chi connectivity index (χ1v) is 7.00. The SMILES string of the molecule is Cc1cccc(CC(=O)OCc2sc(C)nc2C)c1. The number of rotatable bonds is 4. The van der Waals surface area contributed by atoms with Crippen molar-refractivity contribution in [1.29, 1.82) is 0 Å². The van der Waals surface area contributed by atoms with Crippen LogP contribution in [0.1, 0.15) is 26.7 Å². The van der Waals surface area contributed by atoms with Crippen LogP contribution in [-0.2, 0) is 22.6 Å². The van der Waals surface area contributed by atoms with Gasteiger partial charge in [-0.3, -0.25) is 4.79 Å². The van der Waals surface area contributed by atoms with Gasteiger partial charge in [-0.2, -0.15) is 0 Å². The number of esters is 1. The zero-order valence-corrected chi connectivity index (χ0v) is 12.2. The maximum Gasteiger partial charge on any atom is 0.310 e. The number of aromatic nitrogens is 1. The Hall–Kier alpha value is -1.68. The first kappa shape index (κ1) is 13.7. The molecule has 0 atom stereocenters. The molecule has 1 heterocycles. The van der Waals surface area contributed by atoms with Gasteiger partial charge in [0.15, 0.2) is 0 Å². The summed E-state index contributed by atoms with van der Waals surface area (Å²) in [5.41, 5.74) is 3.09. The molecular weight excluding hydrogens is 258 g/mol. The van der Waals surface area contributed by atoms with Gasteiger partial charge in [0.25, 0.3) is 0 Å². The molecule has 1 aromatic carbocycles. The molecule has 0 saturated heterocycles. The van der Waals surface area contributed by atoms with Gasteiger partial charge in [0.05, 0.1) is 22.0 Å². The molecule has 19 heavy (non-hydrogen) atoms. The van der Waals surface area contributed by atoms with Crippen LogP contribution in [0.4, 0.5) is 0 Å². The Labute approximate surface area is 117 Å². The largest absolute Gasteiger partial charge is 0.460 e. The van der Waals surface area contributed by atoms with Crippen LogP contribution in [0.5, 0.6) is 0 Å². The fourth-order valence-electron chi connectivity index (χ4n) is 1.89. The van der Waals surface area contributed by atoms with Crippen LogP contribution in [0, 0.1) is 20.8 Å². The topological polar surface area (TPSA) is 39.2 Å². The van der Waals surface area contributed by atoms with E-state index in [9.17, 15) is 4.79 Å². The van der Waals surface area contributed by atoms with E-state index in [1.165, 1.54) is 0 Å². The van der Waals surface area contributed by atoms with E-state index >= 15 is 0 Å². The van der Waals surface area contributed by atoms with Crippen LogP contribution in [0.2, 0.25) is 0 Å². The smallest absolute Gasteiger partial charge is 0.310 e. The van der Waals surface area contributed by atoms with Crippen molar-refractivity contribution in [2.75, 3.05) is 0 Å². The molecule has 3 nitrogen and oxygen atoms in total. The molecule has 0 aliphatic carbocycles. The first-order valence-electron chi connectivity index (χ1n) is 6.18. The number of ether oxygens (including phenoxy) is 1. The van der Waals surface area contributed by atoms with Gasteiger partial charge >= 0.3 is 5.97 Å². The third-order valence-electron chi connectivity index (χ3n) is 2.79. The Kier molecular flexibility index (Phi) is 4.32. The van der Waals surface area contributed by atoms with Crippen molar-refractivity contribution >= 4 is 17.3 Å². The van der Waals surface area contributed by atoms with E-state index in [-0.39, 0.29) is 5.97 Å². The summed E-state index contributed by atoms with van der Waals surface area (Å²) in [4.78, 5) is 17.1. The van der Waals surface area contributed by atoms with Crippen molar-refractivity contribution < 1.29 is 9.53 Å². The fraction of sp³-hybridized carbons (Fsp3) is 0.333. The highest BCUT2D eigenvalue weighted by molar-refractivity contribution is 7.11. The number of benzene rings is 1. The van der Waals surface area contributed by atoms with E-state index in [1.54, 1.807) is 11.3 Å². The Bertz CT molecular complexity index is 590. The lowest BCUT2D eigenvalue weighted by Gasteiger charge is -2.04. The lowest BCUT2D eigenvalue weighted by atomic mass is 10.1. The van der Waals surface area contributed by atoms with Crippen LogP contribution < -0.4 is 0 Å². The molecule has 0 aliphatic rings. The molecule has 2 rings (SSSR count). The fourth-order valence-corrected chi connectivity index (χ4v) is 2.74. The van der Waals surface area contributed by atoms with Crippen molar-refractivity contribution in [1.82, 2.24) is 4.98 Å². The number of thiazole rings is 1. The van der Waals surface area contributed by atoms with Crippen molar-refractivity contribution in [3.05, 3.63) is 51.0 Å². The minimum absolute atomic E-state index is 0.198. The van der Waals surface area contributed by atoms with E-state index in [0.29, 0.717) is 13.0 Å². The molecule has 0 fully saturated rings. The van der Waals surface area contributed by atoms with Crippen molar-refractivity contribution in [3.63, 3.8) is 0 Å². The molecule has 0 aliphatic heterocycles. The maximum absolute atomic E-state index is 11.8. The molecule has 0 bridgehead atoms. The van der Waals surface area contributed by atoms with Crippen molar-refractivity contribution in [2.45, 2.75) is 33.8 Å². The van der Waals surface area contributed by atoms with Gasteiger partial charge in [-0.05, 0) is 26.3 Å². The minimum atomic E-state index is -0.198. The summed E-state index contributed by atoms with van der Waals surface area (Å²) in [7, 11) is 0. The highest BCUT2D eigenvalue weighted by Gasteiger charge is 2.09. The van der Waals surface area contributed by atoms with Crippen molar-refractivity contribution in [3.8, 4) is 0 Å². The number of carbonyl (C=O) groups excluding carboxylic acids is 1. The highest BCUT2D eigenvalue weighted by atomic mass is 32.1. The molecule has 0 radical (unpaired) electrons. The monoisotopic (exact) mass is 275 g/mol. The summed E-state index contributed by atoms with van der Waals surface area (Å²) in [6, 6.07) is 7.91. The number of nitrogens with zero attached hydrogens (tertiary/aromatic N) is 1. The van der Waals surface area contributed by atoms with E-state index in [2.05, 4.69) is 4.98 Å². The molecule has 100 valence electrons. The minimum Gasteiger partial charge on any atom is -0.460 e. The second-order valence-corrected chi connectivity index (χ2v) is 5.86. The zero-order valence-electron chi connectivity index (χ0n) is 11.4. The Morgan fingerprint density at radius 1 is 1.32 bits per heavy atom. The summed E-state index contributed by atoms with van der Waals surface area (Å²) in [6.45, 7) is 6.23. The molecule has 0 spiro atoms. The van der Waals surface area contributed by atoms with Gasteiger partial charge in [-0.25, -0.2) is 4.98 Å². The Morgan fingerprint density at radius 3 is 2.74 bits per heavy atom. The van der Waals surface area contributed by atoms with Crippen LogP contribution in [0.3, 0.4) is 0 Å². The molecule has 2 aromatic rings. The van der Waals surface area contributed by atoms with Gasteiger partial charge < -0.3 is 4.74 Å². The summed E-state index contributed by atoms with van der Waals surface area (Å²) >= 11 is 1.58. The number of carbonyl (C=O) groups is 1. The van der Waals surface area contributed by atoms with Crippen LogP contribution >= 0.6 is 11.3 Å². The van der Waals surface area contributed by atoms with Gasteiger partial charge in [0, 0.05) is 0 Å². The maximum atomic E-state index is 11.8. The molecule has 1 aromatic heterocycles. The van der Waals surface area contributed by atoms with E-state index in [4.69, 9.17) is 4.74 Å². The normalized spacial score (nSPS) is 10.5. The standard InChI is InChI=1S/C15H17NO2S/c1-10-5-4-6-13(7-10)8-15(17)18-9-14-11(2)16-12(3)19-14/h4-7H,8-9H2,1-3H3. The van der Waals surface area contributed by atoms with E-state index in [1.807, 2.05) is 45.0 Å². The quantitative estimate of drug-likeness (QED) is 0.803. The second-order valence-electron chi connectivity index (χ2n) is 4.57. The highest BCUT2D eigenvalue weighted by Crippen LogP contribution is 2.18. The summed E-state index contributed by atoms with van der Waals surface area (Å²) in [6.07, 6.45) is 0.318. The average molecular weight is 275 g/mol. The lowest BCUT2D eigenvalue weighted by Crippen LogP contribution is -2.08. The number of aryl methyl sites for hydroxylation is 3. The predicted octanol–water partition coefficient (Wildman–Crippen LogP) is 3.35. The molecule has 0 amide bonds. The van der Waals surface area contributed by atoms with Crippen LogP contribution in [0.15, 0.2) is 24.3 Å². The van der Waals surface area contributed by atoms with Gasteiger partial charge in [-0.15, -0.1) is 11.3 Å². The third kappa shape index (κ3) is 3.89. The van der Waals surface area contributed by atoms with Gasteiger partial charge in [-0.1, -0.05) is 29.8 Å². The molecular formula is C15H17NO2S. The van der Waals surface area contributed by atoms with Crippen molar-refractivity contribution in [2.24, 2.45) is 0 Å². The first-order chi connectivity index (χ1) is 9.04. The lowest BCUT2D eigenvalue weighted by molar-refractivity contribution is -0.144. The third-order valence-corrected chi connectivity index (χ3v) is 3.84. The van der Waals surface area contributed by atoms with Gasteiger partial charge in [0.1, 0.15) is 6.61 Å². The summed E-state index contributed by atoms with van der Waals surface area (Å²) in [5.74, 6) is -0.198. The average Bonchev–Trinajstić information content (AvgIpc) is 2.65. The zero-order chi connectivity index (χ0) is 13.8. The summed E-state index contributed by atoms with van der Waals surface area (Å²) in [5, 5.41) is 1.00. The van der Waals surface area contributed by atoms with Crippen LogP contribution in [0.25, 0.3) is 0 Å². The van der Waals surface area contributed by atoms with E-state index < -0.39 is 0 Å². The Morgan fingerprint density at radius 2 is 2.11 bits per heavy atom. The Balaban J connectivity index is 1.90. The number of hydrogen-bond acceptors (Lipinski definition) is 4. The molecule has 4 heteroatoms. The molecule has 0 N–H and O–H groups in total. The molecule has 0 saturated carbocycles. The number of hydrogen-bond donors (Lipinski definition) is 0. The molecule has 0 unspecified atom stereocenters. The van der Waals surface area contributed by atoms with Crippen LogP contribution in [-0.4, -0.2) is 11.0 Å². The second kappa shape index (κ2) is 5.97. The summed E-state index contributed by atoms with van der Waals surface area (Å²) < 4.78 is 5.30. The van der Waals surface area contributed by atoms with Gasteiger partial charge in [0.2, 0.25) is 0 Å². The van der Waals surface area contributed by atoms with E-state index in [0.717, 1.165) is 26.7 Å².